The number of nitrogens with two attached hydrogens (primary N) is 2. The summed E-state index contributed by atoms with van der Waals surface area (Å²) in [6.45, 7) is 0. The molecule has 0 atom stereocenters. The van der Waals surface area contributed by atoms with Gasteiger partial charge >= 0.3 is 5.69 Å². The molecule has 0 spiro atoms. The fraction of sp³-hybridized carbons (Fsp3) is 0. The van der Waals surface area contributed by atoms with Crippen molar-refractivity contribution in [3.05, 3.63) is 16.7 Å². The molecule has 0 radical (unpaired) electrons. The molecule has 1 aromatic rings. The Morgan fingerprint density at radius 1 is 1.36 bits per heavy atom. The number of hydrogen-bond donors (Lipinski definition) is 3. The fourth-order valence-corrected chi connectivity index (χ4v) is 0.417. The lowest BCUT2D eigenvalue weighted by molar-refractivity contribution is 1.09. The lowest BCUT2D eigenvalue weighted by Crippen LogP contribution is -2.13. The third kappa shape index (κ3) is 3.10. The van der Waals surface area contributed by atoms with E-state index in [4.69, 9.17) is 11.5 Å². The first-order valence-electron chi connectivity index (χ1n) is 2.30. The lowest BCUT2D eigenvalue weighted by atomic mass is 10.5. The molecule has 0 bridgehead atoms. The second kappa shape index (κ2) is 4.81. The lowest BCUT2D eigenvalue weighted by Gasteiger charge is -1.93. The molecule has 0 amide bonds. The summed E-state index contributed by atoms with van der Waals surface area (Å²) in [6.07, 6.45) is 1.22. The van der Waals surface area contributed by atoms with Crippen molar-refractivity contribution in [3.8, 4) is 0 Å². The Morgan fingerprint density at radius 2 is 1.91 bits per heavy atom. The van der Waals surface area contributed by atoms with Crippen LogP contribution in [-0.4, -0.2) is 9.97 Å². The van der Waals surface area contributed by atoms with Crippen LogP contribution in [0.1, 0.15) is 0 Å². The van der Waals surface area contributed by atoms with E-state index in [2.05, 4.69) is 9.97 Å². The third-order valence-corrected chi connectivity index (χ3v) is 0.873. The van der Waals surface area contributed by atoms with Gasteiger partial charge in [0.05, 0.1) is 11.9 Å². The van der Waals surface area contributed by atoms with Crippen molar-refractivity contribution in [1.29, 1.82) is 0 Å². The largest absolute Gasteiger partial charge is 0.395 e. The summed E-state index contributed by atoms with van der Waals surface area (Å²) in [4.78, 5) is 15.9. The molecule has 5 nitrogen and oxygen atoms in total. The molecular weight excluding hydrogens is 191 g/mol. The predicted octanol–water partition coefficient (Wildman–Crippen LogP) is -0.222. The summed E-state index contributed by atoms with van der Waals surface area (Å²) < 4.78 is 0. The number of nitrogens with zero attached hydrogens (tertiary/aromatic N) is 1. The summed E-state index contributed by atoms with van der Waals surface area (Å²) in [6, 6.07) is 0. The minimum Gasteiger partial charge on any atom is -0.395 e. The Kier molecular flexibility index (Phi) is 5.56. The van der Waals surface area contributed by atoms with Crippen molar-refractivity contribution < 1.29 is 0 Å². The Labute approximate surface area is 75.0 Å². The monoisotopic (exact) mass is 198 g/mol. The Hall–Kier alpha value is -0.940. The molecule has 0 unspecified atom stereocenters. The highest BCUT2D eigenvalue weighted by atomic mass is 35.5. The zero-order valence-electron chi connectivity index (χ0n) is 5.40. The van der Waals surface area contributed by atoms with E-state index in [1.165, 1.54) is 6.20 Å². The van der Waals surface area contributed by atoms with Crippen LogP contribution in [0, 0.1) is 0 Å². The highest BCUT2D eigenvalue weighted by Gasteiger charge is 1.91. The second-order valence-corrected chi connectivity index (χ2v) is 1.56. The first-order chi connectivity index (χ1) is 4.20. The second-order valence-electron chi connectivity index (χ2n) is 1.56. The molecule has 5 N–H and O–H groups in total. The summed E-state index contributed by atoms with van der Waals surface area (Å²) >= 11 is 0. The van der Waals surface area contributed by atoms with Crippen LogP contribution >= 0.6 is 24.8 Å². The Morgan fingerprint density at radius 3 is 2.27 bits per heavy atom. The van der Waals surface area contributed by atoms with Crippen LogP contribution in [0.2, 0.25) is 0 Å². The minimum atomic E-state index is -0.485. The molecule has 64 valence electrons. The maximum Gasteiger partial charge on any atom is 0.346 e. The van der Waals surface area contributed by atoms with Gasteiger partial charge in [-0.25, -0.2) is 4.79 Å². The number of H-pyrrole nitrogens is 1. The van der Waals surface area contributed by atoms with Crippen LogP contribution in [0.3, 0.4) is 0 Å². The van der Waals surface area contributed by atoms with Crippen LogP contribution in [0.5, 0.6) is 0 Å². The predicted molar refractivity (Wildman–Crippen MR) is 48.2 cm³/mol. The first-order valence-corrected chi connectivity index (χ1v) is 2.30. The smallest absolute Gasteiger partial charge is 0.346 e. The molecule has 11 heavy (non-hydrogen) atoms. The molecular formula is C4H8Cl2N4O. The van der Waals surface area contributed by atoms with Crippen molar-refractivity contribution in [3.63, 3.8) is 0 Å². The van der Waals surface area contributed by atoms with Gasteiger partial charge in [-0.15, -0.1) is 24.8 Å². The first kappa shape index (κ1) is 12.7. The normalized spacial score (nSPS) is 7.64. The van der Waals surface area contributed by atoms with Crippen LogP contribution in [0.25, 0.3) is 0 Å². The molecule has 0 aliphatic heterocycles. The zero-order valence-corrected chi connectivity index (χ0v) is 7.04. The molecule has 1 rings (SSSR count). The maximum absolute atomic E-state index is 10.3. The highest BCUT2D eigenvalue weighted by Crippen LogP contribution is 2.02. The number of anilines is 2. The number of aromatic amines is 1. The van der Waals surface area contributed by atoms with Gasteiger partial charge in [-0.2, -0.15) is 4.98 Å². The highest BCUT2D eigenvalue weighted by molar-refractivity contribution is 5.85. The summed E-state index contributed by atoms with van der Waals surface area (Å²) in [5.41, 5.74) is 10.2. The van der Waals surface area contributed by atoms with Crippen LogP contribution in [0.15, 0.2) is 11.0 Å². The van der Waals surface area contributed by atoms with Gasteiger partial charge in [0.15, 0.2) is 0 Å². The summed E-state index contributed by atoms with van der Waals surface area (Å²) in [5.74, 6) is 0.162. The van der Waals surface area contributed by atoms with E-state index < -0.39 is 5.69 Å². The quantitative estimate of drug-likeness (QED) is 0.537. The minimum absolute atomic E-state index is 0. The molecule has 1 heterocycles. The van der Waals surface area contributed by atoms with Gasteiger partial charge in [0.25, 0.3) is 0 Å². The van der Waals surface area contributed by atoms with E-state index in [0.717, 1.165) is 0 Å². The van der Waals surface area contributed by atoms with Crippen molar-refractivity contribution in [2.24, 2.45) is 0 Å². The van der Waals surface area contributed by atoms with E-state index in [-0.39, 0.29) is 36.3 Å². The van der Waals surface area contributed by atoms with Gasteiger partial charge in [-0.3, -0.25) is 4.98 Å². The van der Waals surface area contributed by atoms with Crippen LogP contribution < -0.4 is 17.2 Å². The van der Waals surface area contributed by atoms with E-state index in [1.807, 2.05) is 0 Å². The van der Waals surface area contributed by atoms with Crippen LogP contribution in [0.4, 0.5) is 11.5 Å². The van der Waals surface area contributed by atoms with Crippen molar-refractivity contribution in [1.82, 2.24) is 9.97 Å². The number of halogens is 2. The number of nitrogens with one attached hydrogen (secondary N) is 1. The summed E-state index contributed by atoms with van der Waals surface area (Å²) in [7, 11) is 0. The molecule has 0 saturated heterocycles. The molecule has 0 aliphatic rings. The average Bonchev–Trinajstić information content (AvgIpc) is 1.80. The van der Waals surface area contributed by atoms with Crippen molar-refractivity contribution in [2.45, 2.75) is 0 Å². The standard InChI is InChI=1S/C4H6N4O.2ClH/c5-2-1-7-4(9)8-3(2)6;;/h1H,5H2,(H3,6,7,8,9);2*1H. The molecule has 0 fully saturated rings. The van der Waals surface area contributed by atoms with Gasteiger partial charge in [0.2, 0.25) is 0 Å². The number of hydrogen-bond acceptors (Lipinski definition) is 4. The third-order valence-electron chi connectivity index (χ3n) is 0.873. The Balaban J connectivity index is 0. The Bertz CT molecular complexity index is 273. The molecule has 0 saturated carbocycles. The molecule has 7 heteroatoms. The SMILES string of the molecule is Cl.Cl.Nc1cnc(=O)[nH]c1N. The number of nitrogen functional groups attached to an aromatic ring is 2. The summed E-state index contributed by atoms with van der Waals surface area (Å²) in [5, 5.41) is 0. The topological polar surface area (TPSA) is 97.8 Å². The van der Waals surface area contributed by atoms with Crippen LogP contribution in [-0.2, 0) is 0 Å². The van der Waals surface area contributed by atoms with Gasteiger partial charge < -0.3 is 11.5 Å². The number of aromatic nitrogens is 2. The number of rotatable bonds is 0. The van der Waals surface area contributed by atoms with Gasteiger partial charge in [-0.05, 0) is 0 Å². The maximum atomic E-state index is 10.3. The fourth-order valence-electron chi connectivity index (χ4n) is 0.417. The average molecular weight is 199 g/mol. The van der Waals surface area contributed by atoms with E-state index in [0.29, 0.717) is 0 Å². The van der Waals surface area contributed by atoms with E-state index >= 15 is 0 Å². The van der Waals surface area contributed by atoms with Gasteiger partial charge in [0.1, 0.15) is 5.82 Å². The van der Waals surface area contributed by atoms with Gasteiger partial charge in [-0.1, -0.05) is 0 Å². The molecule has 1 aromatic heterocycles. The zero-order chi connectivity index (χ0) is 6.85. The van der Waals surface area contributed by atoms with Gasteiger partial charge in [0, 0.05) is 0 Å². The molecule has 0 aliphatic carbocycles. The van der Waals surface area contributed by atoms with Crippen molar-refractivity contribution >= 4 is 36.3 Å². The van der Waals surface area contributed by atoms with E-state index in [1.54, 1.807) is 0 Å². The molecule has 0 aromatic carbocycles. The van der Waals surface area contributed by atoms with Crippen molar-refractivity contribution in [2.75, 3.05) is 11.5 Å². The van der Waals surface area contributed by atoms with E-state index in [9.17, 15) is 4.79 Å².